The molecule has 1 aromatic carbocycles. The molecule has 1 saturated heterocycles. The number of benzene rings is 1. The third-order valence-electron chi connectivity index (χ3n) is 4.33. The van der Waals surface area contributed by atoms with Crippen molar-refractivity contribution in [2.24, 2.45) is 0 Å². The van der Waals surface area contributed by atoms with E-state index in [4.69, 9.17) is 4.42 Å². The third kappa shape index (κ3) is 3.51. The number of nitro groups is 1. The van der Waals surface area contributed by atoms with Crippen LogP contribution in [0.3, 0.4) is 0 Å². The van der Waals surface area contributed by atoms with E-state index in [-0.39, 0.29) is 29.0 Å². The second-order valence-corrected chi connectivity index (χ2v) is 6.00. The van der Waals surface area contributed by atoms with Crippen molar-refractivity contribution in [2.45, 2.75) is 25.7 Å². The number of carbonyl (C=O) groups is 1. The molecule has 0 bridgehead atoms. The summed E-state index contributed by atoms with van der Waals surface area (Å²) >= 11 is 0. The van der Waals surface area contributed by atoms with Crippen LogP contribution in [0.1, 0.15) is 36.0 Å². The van der Waals surface area contributed by atoms with Crippen LogP contribution in [-0.2, 0) is 0 Å². The van der Waals surface area contributed by atoms with Crippen LogP contribution in [0, 0.1) is 10.1 Å². The molecule has 3 rings (SSSR count). The van der Waals surface area contributed by atoms with E-state index in [0.29, 0.717) is 11.9 Å². The minimum Gasteiger partial charge on any atom is -0.422 e. The van der Waals surface area contributed by atoms with Crippen molar-refractivity contribution in [3.05, 3.63) is 50.4 Å². The smallest absolute Gasteiger partial charge is 0.347 e. The lowest BCUT2D eigenvalue weighted by Crippen LogP contribution is -2.32. The van der Waals surface area contributed by atoms with E-state index in [1.165, 1.54) is 30.7 Å². The summed E-state index contributed by atoms with van der Waals surface area (Å²) in [6.45, 7) is 2.57. The predicted molar refractivity (Wildman–Crippen MR) is 88.4 cm³/mol. The third-order valence-corrected chi connectivity index (χ3v) is 4.33. The maximum absolute atomic E-state index is 12.4. The summed E-state index contributed by atoms with van der Waals surface area (Å²) in [4.78, 5) is 36.9. The van der Waals surface area contributed by atoms with E-state index in [2.05, 4.69) is 4.90 Å². The molecule has 1 fully saturated rings. The predicted octanol–water partition coefficient (Wildman–Crippen LogP) is 2.76. The fraction of sp³-hybridized carbons (Fsp3) is 0.412. The zero-order valence-corrected chi connectivity index (χ0v) is 13.2. The van der Waals surface area contributed by atoms with Crippen LogP contribution in [0.25, 0.3) is 11.0 Å². The van der Waals surface area contributed by atoms with Gasteiger partial charge in [0, 0.05) is 30.5 Å². The quantitative estimate of drug-likeness (QED) is 0.362. The van der Waals surface area contributed by atoms with Crippen molar-refractivity contribution < 1.29 is 14.1 Å². The van der Waals surface area contributed by atoms with Crippen LogP contribution in [0.5, 0.6) is 0 Å². The van der Waals surface area contributed by atoms with E-state index in [9.17, 15) is 19.7 Å². The van der Waals surface area contributed by atoms with Gasteiger partial charge in [0.05, 0.1) is 4.92 Å². The maximum atomic E-state index is 12.4. The molecule has 0 unspecified atom stereocenters. The molecule has 24 heavy (non-hydrogen) atoms. The first-order valence-corrected chi connectivity index (χ1v) is 8.02. The zero-order chi connectivity index (χ0) is 17.1. The number of Topliss-reactive ketones (excluding diaryl/α,β-unsaturated/α-hetero) is 1. The summed E-state index contributed by atoms with van der Waals surface area (Å²) < 4.78 is 5.13. The molecular weight excluding hydrogens is 312 g/mol. The summed E-state index contributed by atoms with van der Waals surface area (Å²) in [5.74, 6) is -0.289. The monoisotopic (exact) mass is 330 g/mol. The van der Waals surface area contributed by atoms with Gasteiger partial charge in [-0.25, -0.2) is 4.79 Å². The molecule has 0 radical (unpaired) electrons. The van der Waals surface area contributed by atoms with Crippen LogP contribution < -0.4 is 5.63 Å². The van der Waals surface area contributed by atoms with Crippen LogP contribution in [0.15, 0.2) is 33.5 Å². The number of piperidine rings is 1. The summed E-state index contributed by atoms with van der Waals surface area (Å²) in [5, 5.41) is 11.2. The van der Waals surface area contributed by atoms with Gasteiger partial charge in [-0.1, -0.05) is 6.42 Å². The number of nitro benzene ring substituents is 1. The van der Waals surface area contributed by atoms with E-state index >= 15 is 0 Å². The van der Waals surface area contributed by atoms with Crippen molar-refractivity contribution >= 4 is 22.4 Å². The number of likely N-dealkylation sites (tertiary alicyclic amines) is 1. The zero-order valence-electron chi connectivity index (χ0n) is 13.2. The maximum Gasteiger partial charge on any atom is 0.347 e. The SMILES string of the molecule is O=C(CCN1CCCCC1)c1cc2cc([N+](=O)[O-])ccc2oc1=O. The van der Waals surface area contributed by atoms with Crippen molar-refractivity contribution in [3.8, 4) is 0 Å². The lowest BCUT2D eigenvalue weighted by Gasteiger charge is -2.25. The summed E-state index contributed by atoms with van der Waals surface area (Å²) in [5.41, 5.74) is -0.610. The lowest BCUT2D eigenvalue weighted by atomic mass is 10.1. The Balaban J connectivity index is 1.81. The van der Waals surface area contributed by atoms with Gasteiger partial charge in [0.2, 0.25) is 0 Å². The average Bonchev–Trinajstić information content (AvgIpc) is 2.59. The van der Waals surface area contributed by atoms with E-state index in [0.717, 1.165) is 25.9 Å². The Labute approximate surface area is 138 Å². The number of nitrogens with zero attached hydrogens (tertiary/aromatic N) is 2. The molecule has 0 aliphatic carbocycles. The molecule has 2 aromatic rings. The fourth-order valence-electron chi connectivity index (χ4n) is 3.00. The lowest BCUT2D eigenvalue weighted by molar-refractivity contribution is -0.384. The minimum atomic E-state index is -0.694. The van der Waals surface area contributed by atoms with E-state index in [1.54, 1.807) is 0 Å². The Hall–Kier alpha value is -2.54. The first kappa shape index (κ1) is 16.3. The molecule has 2 heterocycles. The van der Waals surface area contributed by atoms with Gasteiger partial charge in [-0.15, -0.1) is 0 Å². The van der Waals surface area contributed by atoms with Gasteiger partial charge in [-0.2, -0.15) is 0 Å². The number of carbonyl (C=O) groups excluding carboxylic acids is 1. The van der Waals surface area contributed by atoms with Gasteiger partial charge in [-0.3, -0.25) is 14.9 Å². The number of rotatable bonds is 5. The molecule has 7 heteroatoms. The highest BCUT2D eigenvalue weighted by atomic mass is 16.6. The van der Waals surface area contributed by atoms with Gasteiger partial charge >= 0.3 is 5.63 Å². The van der Waals surface area contributed by atoms with Gasteiger partial charge < -0.3 is 9.32 Å². The Kier molecular flexibility index (Phi) is 4.71. The molecular formula is C17H18N2O5. The van der Waals surface area contributed by atoms with E-state index in [1.807, 2.05) is 0 Å². The second-order valence-electron chi connectivity index (χ2n) is 6.00. The van der Waals surface area contributed by atoms with Crippen LogP contribution in [0.4, 0.5) is 5.69 Å². The molecule has 0 saturated carbocycles. The highest BCUT2D eigenvalue weighted by Gasteiger charge is 2.17. The molecule has 0 spiro atoms. The topological polar surface area (TPSA) is 93.7 Å². The highest BCUT2D eigenvalue weighted by molar-refractivity contribution is 5.98. The van der Waals surface area contributed by atoms with Crippen molar-refractivity contribution in [1.29, 1.82) is 0 Å². The Morgan fingerprint density at radius 1 is 1.21 bits per heavy atom. The number of hydrogen-bond acceptors (Lipinski definition) is 6. The first-order valence-electron chi connectivity index (χ1n) is 8.02. The summed E-state index contributed by atoms with van der Waals surface area (Å²) in [7, 11) is 0. The van der Waals surface area contributed by atoms with Crippen molar-refractivity contribution in [2.75, 3.05) is 19.6 Å². The number of non-ortho nitro benzene ring substituents is 1. The van der Waals surface area contributed by atoms with Crippen molar-refractivity contribution in [3.63, 3.8) is 0 Å². The van der Waals surface area contributed by atoms with Crippen LogP contribution >= 0.6 is 0 Å². The molecule has 0 N–H and O–H groups in total. The molecule has 7 nitrogen and oxygen atoms in total. The number of hydrogen-bond donors (Lipinski definition) is 0. The molecule has 0 amide bonds. The van der Waals surface area contributed by atoms with Gasteiger partial charge in [0.15, 0.2) is 5.78 Å². The van der Waals surface area contributed by atoms with E-state index < -0.39 is 10.5 Å². The molecule has 126 valence electrons. The van der Waals surface area contributed by atoms with Crippen LogP contribution in [-0.4, -0.2) is 35.2 Å². The Morgan fingerprint density at radius 3 is 2.67 bits per heavy atom. The number of fused-ring (bicyclic) bond motifs is 1. The molecule has 1 aliphatic heterocycles. The fourth-order valence-corrected chi connectivity index (χ4v) is 3.00. The van der Waals surface area contributed by atoms with Crippen molar-refractivity contribution in [1.82, 2.24) is 4.90 Å². The standard InChI is InChI=1S/C17H18N2O5/c20-15(6-9-18-7-2-1-3-8-18)14-11-12-10-13(19(22)23)4-5-16(12)24-17(14)21/h4-5,10-11H,1-3,6-9H2. The average molecular weight is 330 g/mol. The van der Waals surface area contributed by atoms with Gasteiger partial charge in [0.1, 0.15) is 11.1 Å². The molecule has 1 aliphatic rings. The van der Waals surface area contributed by atoms with Gasteiger partial charge in [0.25, 0.3) is 5.69 Å². The largest absolute Gasteiger partial charge is 0.422 e. The van der Waals surface area contributed by atoms with Gasteiger partial charge in [-0.05, 0) is 38.1 Å². The summed E-state index contributed by atoms with van der Waals surface area (Å²) in [6.07, 6.45) is 3.73. The Morgan fingerprint density at radius 2 is 1.96 bits per heavy atom. The molecule has 0 atom stereocenters. The summed E-state index contributed by atoms with van der Waals surface area (Å²) in [6, 6.07) is 5.34. The minimum absolute atomic E-state index is 0.0417. The number of ketones is 1. The normalized spacial score (nSPS) is 15.5. The molecule has 1 aromatic heterocycles. The second kappa shape index (κ2) is 6.92. The van der Waals surface area contributed by atoms with Crippen LogP contribution in [0.2, 0.25) is 0 Å². The Bertz CT molecular complexity index is 836. The first-order chi connectivity index (χ1) is 11.5. The highest BCUT2D eigenvalue weighted by Crippen LogP contribution is 2.21.